The summed E-state index contributed by atoms with van der Waals surface area (Å²) in [5.41, 5.74) is 6.29. The molecule has 6 heterocycles. The average molecular weight is 677 g/mol. The van der Waals surface area contributed by atoms with Gasteiger partial charge in [-0.15, -0.1) is 0 Å². The number of amides is 3. The topological polar surface area (TPSA) is 136 Å². The number of carbonyl (C=O) groups excluding carboxylic acids is 2. The fraction of sp³-hybridized carbons (Fsp3) is 0.278. The number of benzene rings is 1. The molecule has 4 aromatic rings. The maximum absolute atomic E-state index is 13.1. The van der Waals surface area contributed by atoms with E-state index in [1.165, 1.54) is 5.57 Å². The molecular weight excluding hydrogens is 644 g/mol. The largest absolute Gasteiger partial charge is 0.471 e. The van der Waals surface area contributed by atoms with E-state index in [0.717, 1.165) is 67.3 Å². The number of rotatable bonds is 10. The molecule has 0 saturated carbocycles. The SMILES string of the molecule is O=C1N=C2C=C(C(=O)Nc3ccc4c(c3)nc(CN3CC=C(c5cccc(OCc6ccc(Cl)cn6)n5)CC3)n4C[C@@H]3CCO3)C=CC2N1. The van der Waals surface area contributed by atoms with Gasteiger partial charge in [0, 0.05) is 43.2 Å². The van der Waals surface area contributed by atoms with Gasteiger partial charge in [0.15, 0.2) is 0 Å². The molecule has 13 heteroatoms. The number of fused-ring (bicyclic) bond motifs is 2. The van der Waals surface area contributed by atoms with Gasteiger partial charge < -0.3 is 24.7 Å². The van der Waals surface area contributed by atoms with E-state index < -0.39 is 6.03 Å². The number of pyridine rings is 2. The highest BCUT2D eigenvalue weighted by Crippen LogP contribution is 2.28. The molecule has 4 aliphatic rings. The third-order valence-corrected chi connectivity index (χ3v) is 9.22. The molecule has 8 rings (SSSR count). The first-order valence-electron chi connectivity index (χ1n) is 16.3. The fourth-order valence-corrected chi connectivity index (χ4v) is 6.37. The lowest BCUT2D eigenvalue weighted by atomic mass is 10.0. The Hall–Kier alpha value is -5.17. The highest BCUT2D eigenvalue weighted by Gasteiger charge is 2.27. The van der Waals surface area contributed by atoms with E-state index in [1.807, 2.05) is 42.5 Å². The molecule has 0 spiro atoms. The van der Waals surface area contributed by atoms with Crippen LogP contribution in [-0.2, 0) is 29.2 Å². The summed E-state index contributed by atoms with van der Waals surface area (Å²) in [6.45, 7) is 4.11. The molecule has 2 N–H and O–H groups in total. The average Bonchev–Trinajstić information content (AvgIpc) is 3.64. The van der Waals surface area contributed by atoms with Gasteiger partial charge >= 0.3 is 6.03 Å². The number of hydrogen-bond acceptors (Lipinski definition) is 8. The van der Waals surface area contributed by atoms with Crippen LogP contribution in [0.15, 0.2) is 89.6 Å². The van der Waals surface area contributed by atoms with Crippen LogP contribution in [0.25, 0.3) is 16.6 Å². The van der Waals surface area contributed by atoms with Crippen molar-refractivity contribution in [3.63, 3.8) is 0 Å². The van der Waals surface area contributed by atoms with E-state index >= 15 is 0 Å². The van der Waals surface area contributed by atoms with Crippen LogP contribution < -0.4 is 15.4 Å². The molecular formula is C36H33ClN8O4. The number of nitrogens with zero attached hydrogens (tertiary/aromatic N) is 6. The number of aliphatic imine (C=N–C) groups is 1. The van der Waals surface area contributed by atoms with E-state index in [2.05, 4.69) is 36.2 Å². The Morgan fingerprint density at radius 1 is 1.16 bits per heavy atom. The molecule has 2 atom stereocenters. The predicted octanol–water partition coefficient (Wildman–Crippen LogP) is 5.10. The lowest BCUT2D eigenvalue weighted by Gasteiger charge is -2.29. The normalized spacial score (nSPS) is 20.2. The van der Waals surface area contributed by atoms with Crippen LogP contribution in [0.3, 0.4) is 0 Å². The Kier molecular flexibility index (Phi) is 8.50. The van der Waals surface area contributed by atoms with Crippen LogP contribution in [0.1, 0.15) is 30.1 Å². The van der Waals surface area contributed by atoms with Gasteiger partial charge in [0.05, 0.1) is 58.4 Å². The molecule has 3 amide bonds. The summed E-state index contributed by atoms with van der Waals surface area (Å²) in [6, 6.07) is 14.6. The first kappa shape index (κ1) is 31.1. The summed E-state index contributed by atoms with van der Waals surface area (Å²) < 4.78 is 13.9. The van der Waals surface area contributed by atoms with Crippen molar-refractivity contribution in [1.82, 2.24) is 29.7 Å². The van der Waals surface area contributed by atoms with Crippen molar-refractivity contribution < 1.29 is 19.1 Å². The highest BCUT2D eigenvalue weighted by atomic mass is 35.5. The van der Waals surface area contributed by atoms with Crippen LogP contribution in [-0.4, -0.2) is 73.9 Å². The second kappa shape index (κ2) is 13.4. The molecule has 0 bridgehead atoms. The van der Waals surface area contributed by atoms with Gasteiger partial charge in [-0.3, -0.25) is 14.7 Å². The van der Waals surface area contributed by atoms with Gasteiger partial charge in [-0.1, -0.05) is 35.9 Å². The van der Waals surface area contributed by atoms with Crippen molar-refractivity contribution in [2.24, 2.45) is 4.99 Å². The zero-order chi connectivity index (χ0) is 33.3. The number of ether oxygens (including phenoxy) is 2. The number of urea groups is 1. The Labute approximate surface area is 287 Å². The van der Waals surface area contributed by atoms with Crippen molar-refractivity contribution in [2.45, 2.75) is 44.7 Å². The number of halogens is 1. The molecule has 3 aliphatic heterocycles. The summed E-state index contributed by atoms with van der Waals surface area (Å²) in [4.78, 5) is 45.1. The van der Waals surface area contributed by atoms with E-state index in [0.29, 0.717) is 41.0 Å². The van der Waals surface area contributed by atoms with Gasteiger partial charge in [0.1, 0.15) is 12.4 Å². The fourth-order valence-electron chi connectivity index (χ4n) is 6.26. The molecule has 1 aliphatic carbocycles. The van der Waals surface area contributed by atoms with Gasteiger partial charge in [-0.2, -0.15) is 4.99 Å². The number of imidazole rings is 1. The Morgan fingerprint density at radius 2 is 2.08 bits per heavy atom. The van der Waals surface area contributed by atoms with Gasteiger partial charge in [0.2, 0.25) is 5.88 Å². The molecule has 49 heavy (non-hydrogen) atoms. The van der Waals surface area contributed by atoms with Crippen LogP contribution in [0.5, 0.6) is 5.88 Å². The summed E-state index contributed by atoms with van der Waals surface area (Å²) >= 11 is 5.94. The number of aromatic nitrogens is 4. The van der Waals surface area contributed by atoms with Crippen LogP contribution in [0.2, 0.25) is 5.02 Å². The first-order valence-corrected chi connectivity index (χ1v) is 16.6. The summed E-state index contributed by atoms with van der Waals surface area (Å²) in [5, 5.41) is 6.29. The maximum Gasteiger partial charge on any atom is 0.342 e. The van der Waals surface area contributed by atoms with Crippen LogP contribution in [0.4, 0.5) is 10.5 Å². The zero-order valence-corrected chi connectivity index (χ0v) is 27.3. The Balaban J connectivity index is 0.952. The molecule has 248 valence electrons. The van der Waals surface area contributed by atoms with Gasteiger partial charge in [-0.05, 0) is 60.9 Å². The molecule has 1 unspecified atom stereocenters. The van der Waals surface area contributed by atoms with Crippen molar-refractivity contribution in [3.8, 4) is 5.88 Å². The van der Waals surface area contributed by atoms with Crippen molar-refractivity contribution in [2.75, 3.05) is 25.0 Å². The quantitative estimate of drug-likeness (QED) is 0.237. The van der Waals surface area contributed by atoms with E-state index in [4.69, 9.17) is 31.0 Å². The smallest absolute Gasteiger partial charge is 0.342 e. The summed E-state index contributed by atoms with van der Waals surface area (Å²) in [7, 11) is 0. The molecule has 3 aromatic heterocycles. The molecule has 12 nitrogen and oxygen atoms in total. The van der Waals surface area contributed by atoms with Crippen LogP contribution in [0, 0.1) is 0 Å². The minimum absolute atomic E-state index is 0.160. The summed E-state index contributed by atoms with van der Waals surface area (Å²) in [5.74, 6) is 1.23. The van der Waals surface area contributed by atoms with Gasteiger partial charge in [0.25, 0.3) is 5.91 Å². The monoisotopic (exact) mass is 676 g/mol. The van der Waals surface area contributed by atoms with E-state index in [9.17, 15) is 9.59 Å². The molecule has 1 saturated heterocycles. The van der Waals surface area contributed by atoms with Crippen molar-refractivity contribution in [3.05, 3.63) is 107 Å². The van der Waals surface area contributed by atoms with Crippen molar-refractivity contribution >= 4 is 51.5 Å². The number of anilines is 1. The van der Waals surface area contributed by atoms with Gasteiger partial charge in [-0.25, -0.2) is 14.8 Å². The number of hydrogen-bond donors (Lipinski definition) is 2. The maximum atomic E-state index is 13.1. The third-order valence-electron chi connectivity index (χ3n) is 8.99. The van der Waals surface area contributed by atoms with E-state index in [-0.39, 0.29) is 18.1 Å². The Morgan fingerprint density at radius 3 is 2.88 bits per heavy atom. The van der Waals surface area contributed by atoms with E-state index in [1.54, 1.807) is 30.5 Å². The minimum atomic E-state index is -0.398. The second-order valence-corrected chi connectivity index (χ2v) is 12.8. The van der Waals surface area contributed by atoms with Crippen LogP contribution >= 0.6 is 11.6 Å². The minimum Gasteiger partial charge on any atom is -0.471 e. The molecule has 1 fully saturated rings. The zero-order valence-electron chi connectivity index (χ0n) is 26.5. The second-order valence-electron chi connectivity index (χ2n) is 12.3. The lowest BCUT2D eigenvalue weighted by Crippen LogP contribution is -2.33. The summed E-state index contributed by atoms with van der Waals surface area (Å²) in [6.07, 6.45) is 11.0. The third kappa shape index (κ3) is 6.89. The van der Waals surface area contributed by atoms with Crippen molar-refractivity contribution in [1.29, 1.82) is 0 Å². The first-order chi connectivity index (χ1) is 23.9. The lowest BCUT2D eigenvalue weighted by molar-refractivity contribution is -0.112. The number of carbonyl (C=O) groups is 2. The highest BCUT2D eigenvalue weighted by molar-refractivity contribution is 6.30. The predicted molar refractivity (Wildman–Crippen MR) is 185 cm³/mol. The molecule has 0 radical (unpaired) electrons. The standard InChI is InChI=1S/C36H33ClN8O4/c37-24-5-6-26(38-18-24)21-49-34-3-1-2-28(41-34)22-10-13-44(14-11-22)20-33-40-31-17-25(7-9-32(31)45(33)19-27-12-15-48-27)39-35(46)23-4-8-29-30(16-23)43-36(47)42-29/h1-10,16-18,27,29H,11-15,19-21H2,(H,39,46)(H,42,47)/t27-,29?/m0/s1. The number of nitrogens with one attached hydrogen (secondary N) is 2. The molecule has 1 aromatic carbocycles. The Bertz CT molecular complexity index is 2060.